The number of carbonyl (C=O) groups excluding carboxylic acids is 2. The average Bonchev–Trinajstić information content (AvgIpc) is 2.15. The fourth-order valence-corrected chi connectivity index (χ4v) is 2.40. The van der Waals surface area contributed by atoms with Crippen molar-refractivity contribution in [2.24, 2.45) is 5.73 Å². The van der Waals surface area contributed by atoms with Gasteiger partial charge in [0, 0.05) is 0 Å². The number of rotatable bonds is 1. The van der Waals surface area contributed by atoms with Crippen LogP contribution in [-0.2, 0) is 9.53 Å². The van der Waals surface area contributed by atoms with E-state index in [-0.39, 0.29) is 0 Å². The molecule has 92 valence electrons. The Morgan fingerprint density at radius 3 is 2.56 bits per heavy atom. The van der Waals surface area contributed by atoms with E-state index in [1.165, 1.54) is 4.90 Å². The molecule has 2 amide bonds. The van der Waals surface area contributed by atoms with Crippen molar-refractivity contribution in [2.45, 2.75) is 38.8 Å². The van der Waals surface area contributed by atoms with E-state index in [1.807, 2.05) is 0 Å². The first kappa shape index (κ1) is 13.2. The Hall–Kier alpha value is -0.910. The molecule has 1 unspecified atom stereocenters. The minimum absolute atomic E-state index is 0.461. The van der Waals surface area contributed by atoms with Gasteiger partial charge in [0.15, 0.2) is 0 Å². The van der Waals surface area contributed by atoms with Crippen molar-refractivity contribution in [3.05, 3.63) is 0 Å². The van der Waals surface area contributed by atoms with Crippen LogP contribution in [-0.4, -0.2) is 40.2 Å². The summed E-state index contributed by atoms with van der Waals surface area (Å²) in [6.45, 7) is 5.38. The maximum absolute atomic E-state index is 11.8. The summed E-state index contributed by atoms with van der Waals surface area (Å²) in [4.78, 5) is 24.4. The lowest BCUT2D eigenvalue weighted by molar-refractivity contribution is -0.123. The summed E-state index contributed by atoms with van der Waals surface area (Å²) in [6.07, 6.45) is 0.127. The highest BCUT2D eigenvalue weighted by Gasteiger charge is 2.33. The highest BCUT2D eigenvalue weighted by molar-refractivity contribution is 7.99. The number of primary amides is 1. The van der Waals surface area contributed by atoms with Crippen molar-refractivity contribution >= 4 is 23.8 Å². The van der Waals surface area contributed by atoms with Gasteiger partial charge in [-0.2, -0.15) is 0 Å². The lowest BCUT2D eigenvalue weighted by Crippen LogP contribution is -2.51. The predicted octanol–water partition coefficient (Wildman–Crippen LogP) is 1.17. The Kier molecular flexibility index (Phi) is 4.07. The summed E-state index contributed by atoms with van der Waals surface area (Å²) in [5.74, 6) is 0.834. The number of nitrogens with zero attached hydrogens (tertiary/aromatic N) is 1. The summed E-state index contributed by atoms with van der Waals surface area (Å²) < 4.78 is 5.22. The maximum Gasteiger partial charge on any atom is 0.411 e. The number of nitrogens with two attached hydrogens (primary N) is 1. The first-order chi connectivity index (χ1) is 7.31. The van der Waals surface area contributed by atoms with Gasteiger partial charge in [0.1, 0.15) is 11.6 Å². The van der Waals surface area contributed by atoms with E-state index < -0.39 is 23.6 Å². The molecule has 1 atom stereocenters. The zero-order chi connectivity index (χ0) is 12.3. The van der Waals surface area contributed by atoms with Gasteiger partial charge in [0.05, 0.1) is 5.88 Å². The molecule has 1 heterocycles. The lowest BCUT2D eigenvalue weighted by Gasteiger charge is -2.34. The molecule has 16 heavy (non-hydrogen) atoms. The van der Waals surface area contributed by atoms with Crippen molar-refractivity contribution < 1.29 is 14.3 Å². The van der Waals surface area contributed by atoms with Gasteiger partial charge in [0.2, 0.25) is 5.91 Å². The number of thioether (sulfide) groups is 1. The Morgan fingerprint density at radius 1 is 1.44 bits per heavy atom. The first-order valence-electron chi connectivity index (χ1n) is 5.18. The number of ether oxygens (including phenoxy) is 1. The van der Waals surface area contributed by atoms with Crippen LogP contribution >= 0.6 is 11.8 Å². The second kappa shape index (κ2) is 4.95. The molecule has 0 radical (unpaired) electrons. The molecule has 1 aliphatic rings. The largest absolute Gasteiger partial charge is 0.444 e. The van der Waals surface area contributed by atoms with Crippen molar-refractivity contribution in [3.63, 3.8) is 0 Å². The molecule has 1 aliphatic heterocycles. The van der Waals surface area contributed by atoms with Crippen LogP contribution in [0.15, 0.2) is 0 Å². The third-order valence-electron chi connectivity index (χ3n) is 2.10. The Morgan fingerprint density at radius 2 is 2.06 bits per heavy atom. The van der Waals surface area contributed by atoms with E-state index >= 15 is 0 Å². The van der Waals surface area contributed by atoms with E-state index in [9.17, 15) is 9.59 Å². The fourth-order valence-electron chi connectivity index (χ4n) is 1.40. The second-order valence-corrected chi connectivity index (χ2v) is 5.77. The quantitative estimate of drug-likeness (QED) is 0.754. The summed E-state index contributed by atoms with van der Waals surface area (Å²) in [6, 6.07) is -0.531. The standard InChI is InChI=1S/C10H18N2O3S/c1-10(2,3)15-9(14)12-6-16-5-4-7(12)8(11)13/h7H,4-6H2,1-3H3,(H2,11,13). The number of hydrogen-bond acceptors (Lipinski definition) is 4. The van der Waals surface area contributed by atoms with Gasteiger partial charge >= 0.3 is 6.09 Å². The van der Waals surface area contributed by atoms with Gasteiger partial charge in [-0.25, -0.2) is 4.79 Å². The zero-order valence-corrected chi connectivity index (χ0v) is 10.7. The molecule has 0 saturated carbocycles. The van der Waals surface area contributed by atoms with Crippen LogP contribution in [0.2, 0.25) is 0 Å². The van der Waals surface area contributed by atoms with Gasteiger partial charge in [-0.3, -0.25) is 9.69 Å². The summed E-state index contributed by atoms with van der Waals surface area (Å²) in [7, 11) is 0. The normalized spacial score (nSPS) is 21.7. The van der Waals surface area contributed by atoms with Crippen LogP contribution in [0.1, 0.15) is 27.2 Å². The molecule has 1 rings (SSSR count). The average molecular weight is 246 g/mol. The molecule has 0 aromatic heterocycles. The third-order valence-corrected chi connectivity index (χ3v) is 3.08. The molecular weight excluding hydrogens is 228 g/mol. The molecule has 6 heteroatoms. The van der Waals surface area contributed by atoms with Crippen molar-refractivity contribution in [1.29, 1.82) is 0 Å². The molecule has 5 nitrogen and oxygen atoms in total. The van der Waals surface area contributed by atoms with E-state index in [0.717, 1.165) is 5.75 Å². The Balaban J connectivity index is 2.68. The SMILES string of the molecule is CC(C)(C)OC(=O)N1CSCCC1C(N)=O. The van der Waals surface area contributed by atoms with Gasteiger partial charge in [0.25, 0.3) is 0 Å². The monoisotopic (exact) mass is 246 g/mol. The van der Waals surface area contributed by atoms with Crippen LogP contribution < -0.4 is 5.73 Å². The molecule has 1 saturated heterocycles. The number of amides is 2. The summed E-state index contributed by atoms with van der Waals surface area (Å²) in [5.41, 5.74) is 4.71. The van der Waals surface area contributed by atoms with E-state index in [4.69, 9.17) is 10.5 Å². The molecule has 0 spiro atoms. The zero-order valence-electron chi connectivity index (χ0n) is 9.86. The first-order valence-corrected chi connectivity index (χ1v) is 6.33. The highest BCUT2D eigenvalue weighted by atomic mass is 32.2. The summed E-state index contributed by atoms with van der Waals surface area (Å²) >= 11 is 1.60. The smallest absolute Gasteiger partial charge is 0.411 e. The fraction of sp³-hybridized carbons (Fsp3) is 0.800. The van der Waals surface area contributed by atoms with Crippen molar-refractivity contribution in [1.82, 2.24) is 4.90 Å². The highest BCUT2D eigenvalue weighted by Crippen LogP contribution is 2.22. The van der Waals surface area contributed by atoms with Crippen LogP contribution in [0, 0.1) is 0 Å². The molecule has 0 aromatic carbocycles. The topological polar surface area (TPSA) is 72.6 Å². The van der Waals surface area contributed by atoms with Crippen LogP contribution in [0.25, 0.3) is 0 Å². The molecule has 0 aromatic rings. The maximum atomic E-state index is 11.8. The minimum atomic E-state index is -0.554. The van der Waals surface area contributed by atoms with Crippen molar-refractivity contribution in [3.8, 4) is 0 Å². The van der Waals surface area contributed by atoms with Crippen molar-refractivity contribution in [2.75, 3.05) is 11.6 Å². The molecular formula is C10H18N2O3S. The molecule has 1 fully saturated rings. The Bertz CT molecular complexity index is 288. The second-order valence-electron chi connectivity index (χ2n) is 4.69. The van der Waals surface area contributed by atoms with Gasteiger partial charge in [-0.05, 0) is 32.9 Å². The summed E-state index contributed by atoms with van der Waals surface area (Å²) in [5, 5.41) is 0. The van der Waals surface area contributed by atoms with Crippen LogP contribution in [0.5, 0.6) is 0 Å². The predicted molar refractivity (Wildman–Crippen MR) is 63.0 cm³/mol. The van der Waals surface area contributed by atoms with E-state index in [1.54, 1.807) is 32.5 Å². The third kappa shape index (κ3) is 3.59. The lowest BCUT2D eigenvalue weighted by atomic mass is 10.2. The minimum Gasteiger partial charge on any atom is -0.444 e. The Labute approximate surface area is 99.7 Å². The molecule has 0 aliphatic carbocycles. The molecule has 0 bridgehead atoms. The van der Waals surface area contributed by atoms with Crippen LogP contribution in [0.3, 0.4) is 0 Å². The van der Waals surface area contributed by atoms with E-state index in [2.05, 4.69) is 0 Å². The van der Waals surface area contributed by atoms with Crippen LogP contribution in [0.4, 0.5) is 4.79 Å². The number of hydrogen-bond donors (Lipinski definition) is 1. The van der Waals surface area contributed by atoms with Gasteiger partial charge < -0.3 is 10.5 Å². The van der Waals surface area contributed by atoms with E-state index in [0.29, 0.717) is 12.3 Å². The van der Waals surface area contributed by atoms with Gasteiger partial charge in [-0.15, -0.1) is 11.8 Å². The number of carbonyl (C=O) groups is 2. The molecule has 2 N–H and O–H groups in total. The van der Waals surface area contributed by atoms with Gasteiger partial charge in [-0.1, -0.05) is 0 Å².